The average molecular weight is 251 g/mol. The van der Waals surface area contributed by atoms with E-state index in [1.54, 1.807) is 6.07 Å². The van der Waals surface area contributed by atoms with Gasteiger partial charge in [-0.3, -0.25) is 0 Å². The summed E-state index contributed by atoms with van der Waals surface area (Å²) in [6, 6.07) is 3.12. The number of nitrogens with zero attached hydrogens (tertiary/aromatic N) is 1. The maximum absolute atomic E-state index is 14.4. The Kier molecular flexibility index (Phi) is 3.34. The zero-order valence-electron chi connectivity index (χ0n) is 10.3. The summed E-state index contributed by atoms with van der Waals surface area (Å²) in [5.41, 5.74) is -0.551. The Labute approximate surface area is 104 Å². The summed E-state index contributed by atoms with van der Waals surface area (Å²) in [5, 5.41) is 0. The molecule has 1 aromatic carbocycles. The molecule has 1 saturated carbocycles. The van der Waals surface area contributed by atoms with Crippen molar-refractivity contribution >= 4 is 6.08 Å². The summed E-state index contributed by atoms with van der Waals surface area (Å²) in [6.07, 6.45) is 3.66. The normalized spacial score (nSPS) is 16.4. The molecular weight excluding hydrogens is 237 g/mol. The fourth-order valence-corrected chi connectivity index (χ4v) is 2.32. The smallest absolute Gasteiger partial charge is 0.235 e. The lowest BCUT2D eigenvalue weighted by atomic mass is 9.71. The molecule has 1 aliphatic rings. The van der Waals surface area contributed by atoms with Crippen LogP contribution in [0.5, 0.6) is 11.5 Å². The van der Waals surface area contributed by atoms with Crippen LogP contribution in [0.1, 0.15) is 24.8 Å². The fraction of sp³-hybridized carbons (Fsp3) is 0.462. The molecule has 1 fully saturated rings. The van der Waals surface area contributed by atoms with Gasteiger partial charge < -0.3 is 9.47 Å². The molecule has 5 heteroatoms. The third-order valence-electron chi connectivity index (χ3n) is 3.41. The van der Waals surface area contributed by atoms with E-state index in [1.165, 1.54) is 26.4 Å². The Bertz CT molecular complexity index is 505. The molecule has 0 aliphatic heterocycles. The van der Waals surface area contributed by atoms with E-state index in [4.69, 9.17) is 9.47 Å². The van der Waals surface area contributed by atoms with Gasteiger partial charge in [0.25, 0.3) is 0 Å². The van der Waals surface area contributed by atoms with Gasteiger partial charge in [0, 0.05) is 0 Å². The number of carbonyl (C=O) groups excluding carboxylic acids is 1. The lowest BCUT2D eigenvalue weighted by Crippen LogP contribution is -2.33. The van der Waals surface area contributed by atoms with Crippen LogP contribution in [0.3, 0.4) is 0 Å². The predicted octanol–water partition coefficient (Wildman–Crippen LogP) is 2.56. The number of ether oxygens (including phenoxy) is 2. The molecule has 0 heterocycles. The topological polar surface area (TPSA) is 47.9 Å². The van der Waals surface area contributed by atoms with Crippen LogP contribution >= 0.6 is 0 Å². The number of hydrogen-bond acceptors (Lipinski definition) is 4. The standard InChI is InChI=1S/C13H14FNO3/c1-17-9-4-5-10(18-2)12(14)11(9)13(15-8-16)6-3-7-13/h4-5H,3,6-7H2,1-2H3. The number of halogens is 1. The highest BCUT2D eigenvalue weighted by Gasteiger charge is 2.44. The number of aliphatic imine (C=N–C) groups is 1. The lowest BCUT2D eigenvalue weighted by Gasteiger charge is -2.38. The minimum absolute atomic E-state index is 0.123. The molecule has 0 saturated heterocycles. The molecule has 0 radical (unpaired) electrons. The van der Waals surface area contributed by atoms with Crippen molar-refractivity contribution in [2.24, 2.45) is 4.99 Å². The Balaban J connectivity index is 2.63. The van der Waals surface area contributed by atoms with Gasteiger partial charge in [-0.2, -0.15) is 4.99 Å². The summed E-state index contributed by atoms with van der Waals surface area (Å²) in [5.74, 6) is -0.0132. The summed E-state index contributed by atoms with van der Waals surface area (Å²) < 4.78 is 24.5. The Morgan fingerprint density at radius 2 is 1.89 bits per heavy atom. The van der Waals surface area contributed by atoms with E-state index >= 15 is 0 Å². The second-order valence-electron chi connectivity index (χ2n) is 4.25. The zero-order chi connectivity index (χ0) is 13.2. The molecule has 0 amide bonds. The number of isocyanates is 1. The molecule has 0 unspecified atom stereocenters. The maximum atomic E-state index is 14.4. The second-order valence-corrected chi connectivity index (χ2v) is 4.25. The summed E-state index contributed by atoms with van der Waals surface area (Å²) in [4.78, 5) is 14.4. The lowest BCUT2D eigenvalue weighted by molar-refractivity contribution is 0.234. The van der Waals surface area contributed by atoms with Crippen LogP contribution < -0.4 is 9.47 Å². The van der Waals surface area contributed by atoms with Gasteiger partial charge in [0.1, 0.15) is 11.3 Å². The van der Waals surface area contributed by atoms with E-state index in [-0.39, 0.29) is 5.75 Å². The largest absolute Gasteiger partial charge is 0.496 e. The highest BCUT2D eigenvalue weighted by atomic mass is 19.1. The van der Waals surface area contributed by atoms with E-state index in [2.05, 4.69) is 4.99 Å². The molecular formula is C13H14FNO3. The van der Waals surface area contributed by atoms with Gasteiger partial charge >= 0.3 is 0 Å². The van der Waals surface area contributed by atoms with Gasteiger partial charge in [0.15, 0.2) is 11.6 Å². The van der Waals surface area contributed by atoms with Crippen LogP contribution in [0, 0.1) is 5.82 Å². The SMILES string of the molecule is COc1ccc(OC)c(C2(N=C=O)CCC2)c1F. The minimum atomic E-state index is -0.842. The van der Waals surface area contributed by atoms with E-state index in [1.807, 2.05) is 0 Å². The third-order valence-corrected chi connectivity index (χ3v) is 3.41. The predicted molar refractivity (Wildman–Crippen MR) is 63.2 cm³/mol. The Morgan fingerprint density at radius 1 is 1.28 bits per heavy atom. The van der Waals surface area contributed by atoms with Gasteiger partial charge in [0.05, 0.1) is 19.8 Å². The van der Waals surface area contributed by atoms with Crippen molar-refractivity contribution in [3.8, 4) is 11.5 Å². The number of benzene rings is 1. The molecule has 1 aromatic rings. The van der Waals surface area contributed by atoms with Crippen molar-refractivity contribution in [2.45, 2.75) is 24.8 Å². The van der Waals surface area contributed by atoms with Gasteiger partial charge in [0.2, 0.25) is 6.08 Å². The first-order valence-corrected chi connectivity index (χ1v) is 5.68. The van der Waals surface area contributed by atoms with E-state index in [0.717, 1.165) is 6.42 Å². The van der Waals surface area contributed by atoms with Gasteiger partial charge in [-0.1, -0.05) is 0 Å². The number of hydrogen-bond donors (Lipinski definition) is 0. The Morgan fingerprint density at radius 3 is 2.33 bits per heavy atom. The van der Waals surface area contributed by atoms with Gasteiger partial charge in [-0.05, 0) is 31.4 Å². The highest BCUT2D eigenvalue weighted by molar-refractivity contribution is 5.49. The number of rotatable bonds is 4. The Hall–Kier alpha value is -1.87. The van der Waals surface area contributed by atoms with Crippen LogP contribution in [0.15, 0.2) is 17.1 Å². The molecule has 0 bridgehead atoms. The summed E-state index contributed by atoms with van der Waals surface area (Å²) >= 11 is 0. The molecule has 0 aromatic heterocycles. The van der Waals surface area contributed by atoms with E-state index < -0.39 is 11.4 Å². The van der Waals surface area contributed by atoms with Crippen molar-refractivity contribution in [2.75, 3.05) is 14.2 Å². The molecule has 4 nitrogen and oxygen atoms in total. The van der Waals surface area contributed by atoms with E-state index in [9.17, 15) is 9.18 Å². The van der Waals surface area contributed by atoms with E-state index in [0.29, 0.717) is 24.2 Å². The molecule has 96 valence electrons. The maximum Gasteiger partial charge on any atom is 0.235 e. The van der Waals surface area contributed by atoms with Crippen LogP contribution in [0.25, 0.3) is 0 Å². The fourth-order valence-electron chi connectivity index (χ4n) is 2.32. The first-order chi connectivity index (χ1) is 8.68. The average Bonchev–Trinajstić information content (AvgIpc) is 2.34. The second kappa shape index (κ2) is 4.78. The third kappa shape index (κ3) is 1.77. The summed E-state index contributed by atoms with van der Waals surface area (Å²) in [7, 11) is 2.85. The van der Waals surface area contributed by atoms with Crippen LogP contribution in [0.4, 0.5) is 4.39 Å². The summed E-state index contributed by atoms with van der Waals surface area (Å²) in [6.45, 7) is 0. The highest BCUT2D eigenvalue weighted by Crippen LogP contribution is 2.50. The van der Waals surface area contributed by atoms with Crippen molar-refractivity contribution < 1.29 is 18.7 Å². The first-order valence-electron chi connectivity index (χ1n) is 5.68. The number of methoxy groups -OCH3 is 2. The monoisotopic (exact) mass is 251 g/mol. The van der Waals surface area contributed by atoms with Crippen LogP contribution in [0.2, 0.25) is 0 Å². The van der Waals surface area contributed by atoms with Crippen molar-refractivity contribution in [1.29, 1.82) is 0 Å². The zero-order valence-corrected chi connectivity index (χ0v) is 10.3. The van der Waals surface area contributed by atoms with Crippen LogP contribution in [-0.4, -0.2) is 20.3 Å². The molecule has 1 aliphatic carbocycles. The van der Waals surface area contributed by atoms with Gasteiger partial charge in [-0.15, -0.1) is 0 Å². The van der Waals surface area contributed by atoms with Crippen molar-refractivity contribution in [3.05, 3.63) is 23.5 Å². The quantitative estimate of drug-likeness (QED) is 0.610. The van der Waals surface area contributed by atoms with Crippen LogP contribution in [-0.2, 0) is 10.3 Å². The molecule has 0 spiro atoms. The molecule has 0 N–H and O–H groups in total. The van der Waals surface area contributed by atoms with Crippen molar-refractivity contribution in [1.82, 2.24) is 0 Å². The van der Waals surface area contributed by atoms with Gasteiger partial charge in [-0.25, -0.2) is 9.18 Å². The molecule has 0 atom stereocenters. The molecule has 2 rings (SSSR count). The van der Waals surface area contributed by atoms with Crippen molar-refractivity contribution in [3.63, 3.8) is 0 Å². The first kappa shape index (κ1) is 12.6. The minimum Gasteiger partial charge on any atom is -0.496 e. The molecule has 18 heavy (non-hydrogen) atoms.